The first kappa shape index (κ1) is 13.5. The first-order valence-corrected chi connectivity index (χ1v) is 6.65. The highest BCUT2D eigenvalue weighted by Crippen LogP contribution is 2.26. The van der Waals surface area contributed by atoms with Gasteiger partial charge in [0, 0.05) is 27.0 Å². The normalized spacial score (nSPS) is 10.9. The number of halogens is 4. The van der Waals surface area contributed by atoms with Gasteiger partial charge in [-0.1, -0.05) is 15.9 Å². The average Bonchev–Trinajstić information content (AvgIpc) is 2.79. The molecule has 2 rings (SSSR count). The zero-order chi connectivity index (χ0) is 13.1. The minimum Gasteiger partial charge on any atom is -0.377 e. The molecule has 1 aromatic carbocycles. The molecule has 96 valence electrons. The molecule has 0 bridgehead atoms. The smallest absolute Gasteiger partial charge is 0.319 e. The number of rotatable bonds is 4. The highest BCUT2D eigenvalue weighted by molar-refractivity contribution is 9.11. The number of nitrogens with one attached hydrogen (secondary N) is 1. The number of alkyl halides is 2. The van der Waals surface area contributed by atoms with Crippen LogP contribution in [0.25, 0.3) is 0 Å². The monoisotopic (exact) mass is 379 g/mol. The van der Waals surface area contributed by atoms with Gasteiger partial charge in [0.05, 0.1) is 6.54 Å². The average molecular weight is 381 g/mol. The Morgan fingerprint density at radius 1 is 1.33 bits per heavy atom. The van der Waals surface area contributed by atoms with Crippen LogP contribution in [0.4, 0.5) is 14.5 Å². The Balaban J connectivity index is 2.11. The van der Waals surface area contributed by atoms with Gasteiger partial charge in [0.2, 0.25) is 0 Å². The van der Waals surface area contributed by atoms with E-state index in [9.17, 15) is 8.78 Å². The van der Waals surface area contributed by atoms with Crippen molar-refractivity contribution in [2.45, 2.75) is 13.1 Å². The lowest BCUT2D eigenvalue weighted by Gasteiger charge is -2.10. The number of hydrogen-bond acceptors (Lipinski definition) is 2. The summed E-state index contributed by atoms with van der Waals surface area (Å²) >= 11 is 6.73. The van der Waals surface area contributed by atoms with Gasteiger partial charge in [0.1, 0.15) is 5.82 Å². The molecule has 1 aromatic heterocycles. The minimum absolute atomic E-state index is 0.229. The zero-order valence-electron chi connectivity index (χ0n) is 9.08. The molecular formula is C11H9Br2F2N3. The fourth-order valence-corrected chi connectivity index (χ4v) is 2.21. The maximum Gasteiger partial charge on any atom is 0.319 e. The second-order valence-electron chi connectivity index (χ2n) is 3.51. The fraction of sp³-hybridized carbons (Fsp3) is 0.182. The third-order valence-electron chi connectivity index (χ3n) is 2.32. The Hall–Kier alpha value is -0.950. The van der Waals surface area contributed by atoms with Crippen molar-refractivity contribution in [3.63, 3.8) is 0 Å². The standard InChI is InChI=1S/C11H9Br2F2N3/c12-7-1-2-8(13)9(5-7)17-6-10-16-3-4-18(10)11(14)15/h1-5,11,17H,6H2. The van der Waals surface area contributed by atoms with Crippen molar-refractivity contribution >= 4 is 37.5 Å². The van der Waals surface area contributed by atoms with Crippen LogP contribution in [0.3, 0.4) is 0 Å². The molecule has 0 amide bonds. The summed E-state index contributed by atoms with van der Waals surface area (Å²) in [5, 5.41) is 3.06. The van der Waals surface area contributed by atoms with E-state index in [0.717, 1.165) is 19.2 Å². The van der Waals surface area contributed by atoms with Gasteiger partial charge in [-0.2, -0.15) is 8.78 Å². The van der Waals surface area contributed by atoms with E-state index in [2.05, 4.69) is 42.2 Å². The molecule has 0 radical (unpaired) electrons. The molecule has 0 spiro atoms. The number of hydrogen-bond donors (Lipinski definition) is 1. The SMILES string of the molecule is FC(F)n1ccnc1CNc1cc(Br)ccc1Br. The summed E-state index contributed by atoms with van der Waals surface area (Å²) in [4.78, 5) is 3.90. The minimum atomic E-state index is -2.57. The van der Waals surface area contributed by atoms with Gasteiger partial charge >= 0.3 is 6.55 Å². The van der Waals surface area contributed by atoms with Gasteiger partial charge < -0.3 is 5.32 Å². The van der Waals surface area contributed by atoms with E-state index in [1.165, 1.54) is 12.4 Å². The summed E-state index contributed by atoms with van der Waals surface area (Å²) in [6, 6.07) is 5.61. The van der Waals surface area contributed by atoms with Crippen molar-refractivity contribution in [2.75, 3.05) is 5.32 Å². The molecule has 0 unspecified atom stereocenters. The van der Waals surface area contributed by atoms with E-state index in [1.54, 1.807) is 0 Å². The molecule has 1 heterocycles. The lowest BCUT2D eigenvalue weighted by molar-refractivity contribution is 0.0673. The van der Waals surface area contributed by atoms with Crippen LogP contribution in [0.5, 0.6) is 0 Å². The molecule has 1 N–H and O–H groups in total. The Morgan fingerprint density at radius 3 is 2.83 bits per heavy atom. The highest BCUT2D eigenvalue weighted by atomic mass is 79.9. The second-order valence-corrected chi connectivity index (χ2v) is 5.28. The largest absolute Gasteiger partial charge is 0.377 e. The van der Waals surface area contributed by atoms with Crippen molar-refractivity contribution < 1.29 is 8.78 Å². The summed E-state index contributed by atoms with van der Waals surface area (Å²) in [6.45, 7) is -2.35. The molecule has 0 aliphatic rings. The van der Waals surface area contributed by atoms with E-state index in [4.69, 9.17) is 0 Å². The quantitative estimate of drug-likeness (QED) is 0.851. The summed E-state index contributed by atoms with van der Waals surface area (Å²) in [5.74, 6) is 0.289. The molecule has 3 nitrogen and oxygen atoms in total. The predicted molar refractivity (Wildman–Crippen MR) is 72.6 cm³/mol. The van der Waals surface area contributed by atoms with E-state index >= 15 is 0 Å². The van der Waals surface area contributed by atoms with E-state index in [0.29, 0.717) is 0 Å². The predicted octanol–water partition coefficient (Wildman–Crippen LogP) is 4.42. The van der Waals surface area contributed by atoms with Crippen molar-refractivity contribution in [2.24, 2.45) is 0 Å². The van der Waals surface area contributed by atoms with Gasteiger partial charge in [-0.25, -0.2) is 4.98 Å². The van der Waals surface area contributed by atoms with Gasteiger partial charge in [0.15, 0.2) is 0 Å². The number of anilines is 1. The first-order valence-electron chi connectivity index (χ1n) is 5.06. The van der Waals surface area contributed by atoms with Crippen molar-refractivity contribution in [3.05, 3.63) is 45.4 Å². The molecule has 18 heavy (non-hydrogen) atoms. The Morgan fingerprint density at radius 2 is 2.11 bits per heavy atom. The maximum absolute atomic E-state index is 12.6. The lowest BCUT2D eigenvalue weighted by Crippen LogP contribution is -2.09. The summed E-state index contributed by atoms with van der Waals surface area (Å²) in [5.41, 5.74) is 0.813. The molecule has 2 aromatic rings. The molecule has 7 heteroatoms. The second kappa shape index (κ2) is 5.79. The third kappa shape index (κ3) is 3.08. The summed E-state index contributed by atoms with van der Waals surface area (Å²) in [7, 11) is 0. The topological polar surface area (TPSA) is 29.9 Å². The molecule has 0 fully saturated rings. The Bertz CT molecular complexity index is 543. The first-order chi connectivity index (χ1) is 8.58. The summed E-state index contributed by atoms with van der Waals surface area (Å²) in [6.07, 6.45) is 2.62. The fourth-order valence-electron chi connectivity index (χ4n) is 1.47. The van der Waals surface area contributed by atoms with Crippen LogP contribution in [0.2, 0.25) is 0 Å². The number of aromatic nitrogens is 2. The zero-order valence-corrected chi connectivity index (χ0v) is 12.2. The van der Waals surface area contributed by atoms with E-state index in [1.807, 2.05) is 18.2 Å². The summed E-state index contributed by atoms with van der Waals surface area (Å²) < 4.78 is 27.8. The number of benzene rings is 1. The van der Waals surface area contributed by atoms with Crippen LogP contribution in [0, 0.1) is 0 Å². The van der Waals surface area contributed by atoms with Gasteiger partial charge in [-0.05, 0) is 34.1 Å². The van der Waals surface area contributed by atoms with Crippen molar-refractivity contribution in [1.82, 2.24) is 9.55 Å². The van der Waals surface area contributed by atoms with Crippen LogP contribution >= 0.6 is 31.9 Å². The van der Waals surface area contributed by atoms with E-state index in [-0.39, 0.29) is 12.4 Å². The molecule has 0 atom stereocenters. The third-order valence-corrected chi connectivity index (χ3v) is 3.51. The van der Waals surface area contributed by atoms with Gasteiger partial charge in [0.25, 0.3) is 0 Å². The molecule has 0 saturated heterocycles. The Labute approximate surface area is 119 Å². The maximum atomic E-state index is 12.6. The molecule has 0 aliphatic carbocycles. The molecular weight excluding hydrogens is 372 g/mol. The number of imidazole rings is 1. The van der Waals surface area contributed by atoms with E-state index < -0.39 is 6.55 Å². The Kier molecular flexibility index (Phi) is 4.34. The lowest BCUT2D eigenvalue weighted by atomic mass is 10.3. The molecule has 0 aliphatic heterocycles. The van der Waals surface area contributed by atoms with Crippen molar-refractivity contribution in [3.8, 4) is 0 Å². The van der Waals surface area contributed by atoms with Crippen LogP contribution in [-0.2, 0) is 6.54 Å². The van der Waals surface area contributed by atoms with Crippen LogP contribution in [-0.4, -0.2) is 9.55 Å². The van der Waals surface area contributed by atoms with Gasteiger partial charge in [-0.15, -0.1) is 0 Å². The van der Waals surface area contributed by atoms with Gasteiger partial charge in [-0.3, -0.25) is 4.57 Å². The highest BCUT2D eigenvalue weighted by Gasteiger charge is 2.11. The van der Waals surface area contributed by atoms with Crippen LogP contribution < -0.4 is 5.32 Å². The van der Waals surface area contributed by atoms with Crippen LogP contribution in [0.15, 0.2) is 39.5 Å². The van der Waals surface area contributed by atoms with Crippen molar-refractivity contribution in [1.29, 1.82) is 0 Å². The van der Waals surface area contributed by atoms with Crippen LogP contribution in [0.1, 0.15) is 12.4 Å². The molecule has 0 saturated carbocycles. The number of nitrogens with zero attached hydrogens (tertiary/aromatic N) is 2.